The normalized spacial score (nSPS) is 19.9. The molecule has 2 aromatic heterocycles. The quantitative estimate of drug-likeness (QED) is 0.856. The number of carbonyl (C=O) groups is 1. The van der Waals surface area contributed by atoms with Crippen molar-refractivity contribution in [3.63, 3.8) is 0 Å². The predicted octanol–water partition coefficient (Wildman–Crippen LogP) is 0.628. The minimum atomic E-state index is -0.616. The van der Waals surface area contributed by atoms with Gasteiger partial charge in [0.1, 0.15) is 18.0 Å². The van der Waals surface area contributed by atoms with E-state index in [2.05, 4.69) is 10.1 Å². The molecule has 1 N–H and O–H groups in total. The van der Waals surface area contributed by atoms with Crippen molar-refractivity contribution < 1.29 is 14.6 Å². The third kappa shape index (κ3) is 3.74. The first-order chi connectivity index (χ1) is 12.0. The largest absolute Gasteiger partial charge is 0.482 e. The van der Waals surface area contributed by atoms with E-state index >= 15 is 0 Å². The monoisotopic (exact) mass is 345 g/mol. The zero-order valence-electron chi connectivity index (χ0n) is 14.7. The summed E-state index contributed by atoms with van der Waals surface area (Å²) in [4.78, 5) is 19.7. The number of hydrogen-bond acceptors (Lipinski definition) is 6. The molecule has 1 amide bonds. The molecule has 0 unspecified atom stereocenters. The van der Waals surface area contributed by atoms with Crippen LogP contribution in [0.3, 0.4) is 0 Å². The molecule has 8 heteroatoms. The Balaban J connectivity index is 1.65. The van der Waals surface area contributed by atoms with Gasteiger partial charge in [-0.15, -0.1) is 0 Å². The molecule has 0 bridgehead atoms. The molecular weight excluding hydrogens is 322 g/mol. The number of aliphatic hydroxyl groups excluding tert-OH is 1. The fraction of sp³-hybridized carbons (Fsp3) is 0.471. The van der Waals surface area contributed by atoms with Crippen LogP contribution in [0.5, 0.6) is 5.75 Å². The van der Waals surface area contributed by atoms with E-state index < -0.39 is 6.10 Å². The highest BCUT2D eigenvalue weighted by atomic mass is 16.5. The third-order valence-electron chi connectivity index (χ3n) is 4.18. The van der Waals surface area contributed by atoms with E-state index in [1.807, 2.05) is 18.0 Å². The van der Waals surface area contributed by atoms with Crippen molar-refractivity contribution in [1.82, 2.24) is 19.7 Å². The molecule has 0 radical (unpaired) electrons. The number of pyridine rings is 1. The summed E-state index contributed by atoms with van der Waals surface area (Å²) in [7, 11) is 3.41. The van der Waals surface area contributed by atoms with Crippen LogP contribution in [0.25, 0.3) is 0 Å². The van der Waals surface area contributed by atoms with Crippen LogP contribution < -0.4 is 9.64 Å². The first-order valence-electron chi connectivity index (χ1n) is 8.27. The van der Waals surface area contributed by atoms with Gasteiger partial charge in [-0.3, -0.25) is 9.48 Å². The molecule has 0 spiro atoms. The van der Waals surface area contributed by atoms with Gasteiger partial charge in [0.25, 0.3) is 5.91 Å². The standard InChI is InChI=1S/C17H23N5O3/c1-4-22-9-13(8-19-22)25-15-11-21(10-14(15)23)16-6-5-12(7-18-16)17(24)20(2)3/h5-9,14-15,23H,4,10-11H2,1-3H3/t14-,15-/m1/s1. The number of aromatic nitrogens is 3. The Morgan fingerprint density at radius 3 is 2.76 bits per heavy atom. The summed E-state index contributed by atoms with van der Waals surface area (Å²) < 4.78 is 7.63. The fourth-order valence-corrected chi connectivity index (χ4v) is 2.77. The average molecular weight is 345 g/mol. The molecule has 2 atom stereocenters. The molecule has 0 saturated carbocycles. The summed E-state index contributed by atoms with van der Waals surface area (Å²) in [6.07, 6.45) is 4.06. The summed E-state index contributed by atoms with van der Waals surface area (Å²) >= 11 is 0. The number of hydrogen-bond donors (Lipinski definition) is 1. The van der Waals surface area contributed by atoms with E-state index in [1.165, 1.54) is 4.90 Å². The second kappa shape index (κ2) is 7.10. The van der Waals surface area contributed by atoms with Crippen LogP contribution in [-0.2, 0) is 6.54 Å². The van der Waals surface area contributed by atoms with E-state index in [0.717, 1.165) is 6.54 Å². The number of nitrogens with zero attached hydrogens (tertiary/aromatic N) is 5. The Kier molecular flexibility index (Phi) is 4.89. The molecule has 8 nitrogen and oxygen atoms in total. The molecule has 1 saturated heterocycles. The van der Waals surface area contributed by atoms with Crippen molar-refractivity contribution >= 4 is 11.7 Å². The molecule has 1 fully saturated rings. The molecule has 1 aliphatic heterocycles. The van der Waals surface area contributed by atoms with Crippen LogP contribution >= 0.6 is 0 Å². The van der Waals surface area contributed by atoms with Gasteiger partial charge < -0.3 is 19.6 Å². The molecule has 0 aromatic carbocycles. The molecule has 0 aliphatic carbocycles. The lowest BCUT2D eigenvalue weighted by molar-refractivity contribution is 0.0737. The summed E-state index contributed by atoms with van der Waals surface area (Å²) in [5.74, 6) is 1.27. The van der Waals surface area contributed by atoms with Crippen molar-refractivity contribution in [2.75, 3.05) is 32.1 Å². The van der Waals surface area contributed by atoms with Crippen molar-refractivity contribution in [2.45, 2.75) is 25.7 Å². The number of β-amino-alcohol motifs (C(OH)–C–C–N with tert-alkyl or cyclic N) is 1. The Labute approximate surface area is 146 Å². The van der Waals surface area contributed by atoms with E-state index in [4.69, 9.17) is 4.74 Å². The maximum Gasteiger partial charge on any atom is 0.254 e. The van der Waals surface area contributed by atoms with Crippen molar-refractivity contribution in [3.05, 3.63) is 36.3 Å². The average Bonchev–Trinajstić information content (AvgIpc) is 3.21. The molecular formula is C17H23N5O3. The SMILES string of the molecule is CCn1cc(O[C@@H]2CN(c3ccc(C(=O)N(C)C)cn3)C[C@H]2O)cn1. The number of aryl methyl sites for hydroxylation is 1. The smallest absolute Gasteiger partial charge is 0.254 e. The Morgan fingerprint density at radius 2 is 2.16 bits per heavy atom. The predicted molar refractivity (Wildman–Crippen MR) is 92.8 cm³/mol. The van der Waals surface area contributed by atoms with Crippen LogP contribution in [0.2, 0.25) is 0 Å². The third-order valence-corrected chi connectivity index (χ3v) is 4.18. The topological polar surface area (TPSA) is 83.7 Å². The maximum absolute atomic E-state index is 11.9. The minimum absolute atomic E-state index is 0.0883. The summed E-state index contributed by atoms with van der Waals surface area (Å²) in [5, 5.41) is 14.4. The summed E-state index contributed by atoms with van der Waals surface area (Å²) in [5.41, 5.74) is 0.535. The zero-order valence-corrected chi connectivity index (χ0v) is 14.7. The zero-order chi connectivity index (χ0) is 18.0. The Bertz CT molecular complexity index is 728. The van der Waals surface area contributed by atoms with Gasteiger partial charge in [-0.1, -0.05) is 0 Å². The van der Waals surface area contributed by atoms with Crippen LogP contribution in [0.15, 0.2) is 30.7 Å². The van der Waals surface area contributed by atoms with Gasteiger partial charge >= 0.3 is 0 Å². The number of carbonyl (C=O) groups excluding carboxylic acids is 1. The first-order valence-corrected chi connectivity index (χ1v) is 8.27. The Morgan fingerprint density at radius 1 is 1.36 bits per heavy atom. The van der Waals surface area contributed by atoms with Gasteiger partial charge in [0.05, 0.1) is 24.5 Å². The van der Waals surface area contributed by atoms with Gasteiger partial charge in [-0.25, -0.2) is 4.98 Å². The highest BCUT2D eigenvalue weighted by Gasteiger charge is 2.34. The van der Waals surface area contributed by atoms with E-state index in [-0.39, 0.29) is 12.0 Å². The number of rotatable bonds is 5. The molecule has 2 aromatic rings. The molecule has 25 heavy (non-hydrogen) atoms. The van der Waals surface area contributed by atoms with Gasteiger partial charge in [-0.05, 0) is 19.1 Å². The van der Waals surface area contributed by atoms with E-state index in [9.17, 15) is 9.90 Å². The fourth-order valence-electron chi connectivity index (χ4n) is 2.77. The van der Waals surface area contributed by atoms with E-state index in [1.54, 1.807) is 43.3 Å². The minimum Gasteiger partial charge on any atom is -0.482 e. The van der Waals surface area contributed by atoms with Crippen LogP contribution in [-0.4, -0.2) is 70.1 Å². The van der Waals surface area contributed by atoms with Crippen molar-refractivity contribution in [2.24, 2.45) is 0 Å². The summed E-state index contributed by atoms with van der Waals surface area (Å²) in [6, 6.07) is 3.54. The maximum atomic E-state index is 11.9. The molecule has 3 rings (SSSR count). The molecule has 3 heterocycles. The second-order valence-corrected chi connectivity index (χ2v) is 6.27. The van der Waals surface area contributed by atoms with Crippen molar-refractivity contribution in [1.29, 1.82) is 0 Å². The highest BCUT2D eigenvalue weighted by molar-refractivity contribution is 5.93. The van der Waals surface area contributed by atoms with Gasteiger partial charge in [0.15, 0.2) is 5.75 Å². The van der Waals surface area contributed by atoms with Crippen LogP contribution in [0, 0.1) is 0 Å². The Hall–Kier alpha value is -2.61. The second-order valence-electron chi connectivity index (χ2n) is 6.27. The molecule has 134 valence electrons. The lowest BCUT2D eigenvalue weighted by atomic mass is 10.2. The first kappa shape index (κ1) is 17.2. The van der Waals surface area contributed by atoms with Gasteiger partial charge in [-0.2, -0.15) is 5.10 Å². The lowest BCUT2D eigenvalue weighted by Crippen LogP contribution is -2.29. The van der Waals surface area contributed by atoms with E-state index in [0.29, 0.717) is 30.2 Å². The van der Waals surface area contributed by atoms with Crippen molar-refractivity contribution in [3.8, 4) is 5.75 Å². The molecule has 1 aliphatic rings. The number of amides is 1. The van der Waals surface area contributed by atoms with Crippen LogP contribution in [0.4, 0.5) is 5.82 Å². The number of ether oxygens (including phenoxy) is 1. The van der Waals surface area contributed by atoms with Gasteiger partial charge in [0, 0.05) is 33.4 Å². The lowest BCUT2D eigenvalue weighted by Gasteiger charge is -2.17. The number of anilines is 1. The van der Waals surface area contributed by atoms with Gasteiger partial charge in [0.2, 0.25) is 0 Å². The number of aliphatic hydroxyl groups is 1. The van der Waals surface area contributed by atoms with Crippen LogP contribution in [0.1, 0.15) is 17.3 Å². The summed E-state index contributed by atoms with van der Waals surface area (Å²) in [6.45, 7) is 3.72. The highest BCUT2D eigenvalue weighted by Crippen LogP contribution is 2.22.